The fourth-order valence-corrected chi connectivity index (χ4v) is 2.01. The summed E-state index contributed by atoms with van der Waals surface area (Å²) in [5.74, 6) is -1.82. The molecule has 0 N–H and O–H groups in total. The molecule has 1 aliphatic rings. The average molecular weight is 286 g/mol. The van der Waals surface area contributed by atoms with Crippen LogP contribution in [-0.2, 0) is 23.8 Å². The van der Waals surface area contributed by atoms with Gasteiger partial charge < -0.3 is 14.2 Å². The maximum absolute atomic E-state index is 12.2. The second-order valence-corrected chi connectivity index (χ2v) is 7.14. The Morgan fingerprint density at radius 1 is 0.900 bits per heavy atom. The standard InChI is InChI=1S/C15H26O5/c1-14(2,3)19-12(16)10-7-8-18-9-11(10)13(17)20-15(4,5)6/h10-11H,7-9H2,1-6H3. The molecule has 0 aromatic heterocycles. The van der Waals surface area contributed by atoms with E-state index in [1.165, 1.54) is 0 Å². The van der Waals surface area contributed by atoms with E-state index >= 15 is 0 Å². The van der Waals surface area contributed by atoms with Gasteiger partial charge in [-0.2, -0.15) is 0 Å². The Bertz CT molecular complexity index is 325. The summed E-state index contributed by atoms with van der Waals surface area (Å²) in [5.41, 5.74) is -1.14. The lowest BCUT2D eigenvalue weighted by molar-refractivity contribution is -0.180. The van der Waals surface area contributed by atoms with Gasteiger partial charge in [0.05, 0.1) is 18.4 Å². The summed E-state index contributed by atoms with van der Waals surface area (Å²) in [6.45, 7) is 11.5. The molecule has 0 aromatic rings. The predicted octanol–water partition coefficient (Wildman–Crippen LogP) is 2.32. The molecule has 116 valence electrons. The highest BCUT2D eigenvalue weighted by Crippen LogP contribution is 2.27. The largest absolute Gasteiger partial charge is 0.460 e. The van der Waals surface area contributed by atoms with Gasteiger partial charge >= 0.3 is 11.9 Å². The molecule has 5 heteroatoms. The third-order valence-corrected chi connectivity index (χ3v) is 2.78. The van der Waals surface area contributed by atoms with E-state index in [0.29, 0.717) is 13.0 Å². The van der Waals surface area contributed by atoms with Crippen LogP contribution < -0.4 is 0 Å². The summed E-state index contributed by atoms with van der Waals surface area (Å²) >= 11 is 0. The number of hydrogen-bond donors (Lipinski definition) is 0. The van der Waals surface area contributed by atoms with E-state index < -0.39 is 29.0 Å². The molecule has 0 radical (unpaired) electrons. The minimum absolute atomic E-state index is 0.207. The smallest absolute Gasteiger partial charge is 0.312 e. The highest BCUT2D eigenvalue weighted by molar-refractivity contribution is 5.82. The van der Waals surface area contributed by atoms with Gasteiger partial charge in [-0.05, 0) is 48.0 Å². The molecule has 20 heavy (non-hydrogen) atoms. The summed E-state index contributed by atoms with van der Waals surface area (Å²) in [6.07, 6.45) is 0.485. The van der Waals surface area contributed by atoms with E-state index in [0.717, 1.165) is 0 Å². The maximum Gasteiger partial charge on any atom is 0.312 e. The molecule has 0 bridgehead atoms. The summed E-state index contributed by atoms with van der Waals surface area (Å²) in [5, 5.41) is 0. The molecule has 0 aromatic carbocycles. The van der Waals surface area contributed by atoms with Crippen molar-refractivity contribution in [2.75, 3.05) is 13.2 Å². The Morgan fingerprint density at radius 2 is 1.35 bits per heavy atom. The molecule has 0 aliphatic carbocycles. The lowest BCUT2D eigenvalue weighted by Crippen LogP contribution is -2.43. The molecule has 0 spiro atoms. The van der Waals surface area contributed by atoms with Crippen LogP contribution in [0.25, 0.3) is 0 Å². The van der Waals surface area contributed by atoms with Crippen molar-refractivity contribution in [1.29, 1.82) is 0 Å². The second-order valence-electron chi connectivity index (χ2n) is 7.14. The van der Waals surface area contributed by atoms with Crippen molar-refractivity contribution in [1.82, 2.24) is 0 Å². The number of rotatable bonds is 2. The van der Waals surface area contributed by atoms with Gasteiger partial charge in [0.2, 0.25) is 0 Å². The van der Waals surface area contributed by atoms with Gasteiger partial charge in [-0.15, -0.1) is 0 Å². The average Bonchev–Trinajstić information content (AvgIpc) is 2.24. The molecule has 2 atom stereocenters. The molecule has 1 heterocycles. The zero-order valence-electron chi connectivity index (χ0n) is 13.3. The minimum atomic E-state index is -0.585. The van der Waals surface area contributed by atoms with E-state index in [1.54, 1.807) is 20.8 Å². The third-order valence-electron chi connectivity index (χ3n) is 2.78. The second kappa shape index (κ2) is 6.12. The molecule has 0 amide bonds. The van der Waals surface area contributed by atoms with Crippen LogP contribution in [0.2, 0.25) is 0 Å². The van der Waals surface area contributed by atoms with Gasteiger partial charge in [0, 0.05) is 6.61 Å². The predicted molar refractivity (Wildman–Crippen MR) is 74.1 cm³/mol. The van der Waals surface area contributed by atoms with Crippen LogP contribution in [0.1, 0.15) is 48.0 Å². The van der Waals surface area contributed by atoms with Crippen LogP contribution in [-0.4, -0.2) is 36.4 Å². The molecule has 1 saturated heterocycles. The number of carbonyl (C=O) groups excluding carboxylic acids is 2. The number of ether oxygens (including phenoxy) is 3. The number of esters is 2. The van der Waals surface area contributed by atoms with Crippen molar-refractivity contribution in [3.05, 3.63) is 0 Å². The SMILES string of the molecule is CC(C)(C)OC(=O)C1CCOCC1C(=O)OC(C)(C)C. The summed E-state index contributed by atoms with van der Waals surface area (Å²) in [4.78, 5) is 24.4. The summed E-state index contributed by atoms with van der Waals surface area (Å²) in [6, 6.07) is 0. The van der Waals surface area contributed by atoms with E-state index in [4.69, 9.17) is 14.2 Å². The van der Waals surface area contributed by atoms with Crippen LogP contribution >= 0.6 is 0 Å². The van der Waals surface area contributed by atoms with Crippen LogP contribution in [0.3, 0.4) is 0 Å². The van der Waals surface area contributed by atoms with E-state index in [-0.39, 0.29) is 12.6 Å². The highest BCUT2D eigenvalue weighted by atomic mass is 16.6. The molecular weight excluding hydrogens is 260 g/mol. The quantitative estimate of drug-likeness (QED) is 0.729. The normalized spacial score (nSPS) is 24.1. The van der Waals surface area contributed by atoms with Gasteiger partial charge in [0.25, 0.3) is 0 Å². The van der Waals surface area contributed by atoms with Crippen LogP contribution in [0.15, 0.2) is 0 Å². The Kier molecular flexibility index (Phi) is 5.19. The maximum atomic E-state index is 12.2. The summed E-state index contributed by atoms with van der Waals surface area (Å²) < 4.78 is 16.1. The topological polar surface area (TPSA) is 61.8 Å². The van der Waals surface area contributed by atoms with E-state index in [1.807, 2.05) is 20.8 Å². The Labute approximate surface area is 121 Å². The molecule has 2 unspecified atom stereocenters. The molecule has 1 aliphatic heterocycles. The Hall–Kier alpha value is -1.10. The molecule has 5 nitrogen and oxygen atoms in total. The van der Waals surface area contributed by atoms with Crippen LogP contribution in [0.5, 0.6) is 0 Å². The Morgan fingerprint density at radius 3 is 1.80 bits per heavy atom. The van der Waals surface area contributed by atoms with Crippen molar-refractivity contribution in [3.63, 3.8) is 0 Å². The molecule has 1 rings (SSSR count). The highest BCUT2D eigenvalue weighted by Gasteiger charge is 2.40. The van der Waals surface area contributed by atoms with E-state index in [9.17, 15) is 9.59 Å². The van der Waals surface area contributed by atoms with E-state index in [2.05, 4.69) is 0 Å². The number of hydrogen-bond acceptors (Lipinski definition) is 5. The van der Waals surface area contributed by atoms with Crippen molar-refractivity contribution in [2.45, 2.75) is 59.2 Å². The number of carbonyl (C=O) groups is 2. The van der Waals surface area contributed by atoms with Gasteiger partial charge in [-0.25, -0.2) is 0 Å². The Balaban J connectivity index is 2.76. The van der Waals surface area contributed by atoms with Crippen molar-refractivity contribution >= 4 is 11.9 Å². The first-order chi connectivity index (χ1) is 8.99. The fourth-order valence-electron chi connectivity index (χ4n) is 2.01. The summed E-state index contributed by atoms with van der Waals surface area (Å²) in [7, 11) is 0. The zero-order chi connectivity index (χ0) is 15.6. The van der Waals surface area contributed by atoms with Gasteiger partial charge in [0.15, 0.2) is 0 Å². The zero-order valence-corrected chi connectivity index (χ0v) is 13.3. The lowest BCUT2D eigenvalue weighted by atomic mass is 9.88. The van der Waals surface area contributed by atoms with Crippen LogP contribution in [0.4, 0.5) is 0 Å². The first-order valence-corrected chi connectivity index (χ1v) is 7.03. The first kappa shape index (κ1) is 17.0. The van der Waals surface area contributed by atoms with Crippen molar-refractivity contribution < 1.29 is 23.8 Å². The monoisotopic (exact) mass is 286 g/mol. The van der Waals surface area contributed by atoms with Gasteiger partial charge in [-0.1, -0.05) is 0 Å². The molecular formula is C15H26O5. The fraction of sp³-hybridized carbons (Fsp3) is 0.867. The van der Waals surface area contributed by atoms with Crippen LogP contribution in [0, 0.1) is 11.8 Å². The lowest BCUT2D eigenvalue weighted by Gasteiger charge is -2.32. The minimum Gasteiger partial charge on any atom is -0.460 e. The van der Waals surface area contributed by atoms with Crippen molar-refractivity contribution in [3.8, 4) is 0 Å². The van der Waals surface area contributed by atoms with Gasteiger partial charge in [0.1, 0.15) is 11.2 Å². The third kappa shape index (κ3) is 5.49. The molecule has 1 fully saturated rings. The van der Waals surface area contributed by atoms with Gasteiger partial charge in [-0.3, -0.25) is 9.59 Å². The molecule has 0 saturated carbocycles. The van der Waals surface area contributed by atoms with Crippen molar-refractivity contribution in [2.24, 2.45) is 11.8 Å². The first-order valence-electron chi connectivity index (χ1n) is 7.03.